The van der Waals surface area contributed by atoms with Crippen LogP contribution < -0.4 is 10.9 Å². The van der Waals surface area contributed by atoms with E-state index in [1.165, 1.54) is 138 Å². The minimum absolute atomic E-state index is 0.0122. The molecule has 0 saturated carbocycles. The molecule has 2 aromatic heterocycles. The number of benzene rings is 8. The molecular weight excluding hydrogens is 904 g/mol. The second-order valence-corrected chi connectivity index (χ2v) is 28.8. The Bertz CT molecular complexity index is 3980. The van der Waals surface area contributed by atoms with Crippen LogP contribution in [0.3, 0.4) is 0 Å². The summed E-state index contributed by atoms with van der Waals surface area (Å²) in [6.07, 6.45) is 0. The van der Waals surface area contributed by atoms with E-state index < -0.39 is 0 Å². The van der Waals surface area contributed by atoms with Crippen LogP contribution in [0.5, 0.6) is 0 Å². The highest BCUT2D eigenvalue weighted by atomic mass is 15.0. The third kappa shape index (κ3) is 7.79. The van der Waals surface area contributed by atoms with Crippen LogP contribution in [-0.2, 0) is 32.5 Å². The van der Waals surface area contributed by atoms with Gasteiger partial charge in [0.05, 0.1) is 11.0 Å². The van der Waals surface area contributed by atoms with Crippen LogP contribution in [0.4, 0.5) is 0 Å². The van der Waals surface area contributed by atoms with Crippen LogP contribution in [0.2, 0.25) is 0 Å². The fraction of sp³-hybridized carbons (Fsp3) is 0.333. The molecule has 0 N–H and O–H groups in total. The minimum Gasteiger partial charge on any atom is -0.375 e. The van der Waals surface area contributed by atoms with Crippen LogP contribution in [-0.4, -0.2) is 15.9 Å². The van der Waals surface area contributed by atoms with Crippen molar-refractivity contribution >= 4 is 61.4 Å². The highest BCUT2D eigenvalue weighted by Crippen LogP contribution is 2.50. The van der Waals surface area contributed by atoms with Gasteiger partial charge < -0.3 is 9.05 Å². The maximum atomic E-state index is 2.78. The lowest BCUT2D eigenvalue weighted by atomic mass is 9.45. The van der Waals surface area contributed by atoms with E-state index in [-0.39, 0.29) is 39.3 Å². The summed E-state index contributed by atoms with van der Waals surface area (Å²) in [7, 11) is 0. The zero-order chi connectivity index (χ0) is 53.4. The van der Waals surface area contributed by atoms with Gasteiger partial charge in [0.25, 0.3) is 0 Å². The van der Waals surface area contributed by atoms with Crippen LogP contribution >= 0.6 is 0 Å². The molecule has 4 heterocycles. The van der Waals surface area contributed by atoms with Crippen LogP contribution in [0.25, 0.3) is 93.8 Å². The molecule has 75 heavy (non-hydrogen) atoms. The van der Waals surface area contributed by atoms with Gasteiger partial charge in [-0.05, 0) is 164 Å². The summed E-state index contributed by atoms with van der Waals surface area (Å²) >= 11 is 0. The highest BCUT2D eigenvalue weighted by Gasteiger charge is 2.44. The standard InChI is InChI=1S/C72H77BN2/c1-67(2,3)47-24-19-42(20-25-47)44-23-30-60-54(35-44)56-36-45(43-21-26-48(27-22-43)68(4,5)6)37-59-66(56)74(60)62-32-29-53(46-33-50(70(10,11)12)38-51(34-46)71(13,14)15)63-58-41-52(72(16,17)18)40-57-55-39-49(69(7,8)9)28-31-61(55)75(65(57)58)73(59)64(62)63/h19-41H,1-18H3. The average molecular weight is 981 g/mol. The Labute approximate surface area is 448 Å². The zero-order valence-corrected chi connectivity index (χ0v) is 48.3. The molecule has 0 aliphatic carbocycles. The van der Waals surface area contributed by atoms with Crippen LogP contribution in [0, 0.1) is 0 Å². The number of hydrogen-bond acceptors (Lipinski definition) is 0. The Balaban J connectivity index is 1.26. The van der Waals surface area contributed by atoms with Gasteiger partial charge in [-0.3, -0.25) is 0 Å². The fourth-order valence-corrected chi connectivity index (χ4v) is 12.5. The predicted octanol–water partition coefficient (Wildman–Crippen LogP) is 18.6. The molecule has 2 nitrogen and oxygen atoms in total. The van der Waals surface area contributed by atoms with E-state index in [4.69, 9.17) is 0 Å². The van der Waals surface area contributed by atoms with Gasteiger partial charge in [0.15, 0.2) is 0 Å². The first-order valence-corrected chi connectivity index (χ1v) is 27.8. The topological polar surface area (TPSA) is 9.86 Å². The molecule has 0 bridgehead atoms. The molecular formula is C72H77BN2. The first kappa shape index (κ1) is 49.3. The first-order valence-electron chi connectivity index (χ1n) is 27.8. The van der Waals surface area contributed by atoms with Gasteiger partial charge in [-0.1, -0.05) is 216 Å². The number of fused-ring (bicyclic) bond motifs is 10. The first-order chi connectivity index (χ1) is 35.0. The van der Waals surface area contributed by atoms with E-state index in [1.807, 2.05) is 0 Å². The van der Waals surface area contributed by atoms with Crippen molar-refractivity contribution in [2.45, 2.75) is 157 Å². The minimum atomic E-state index is -0.103. The summed E-state index contributed by atoms with van der Waals surface area (Å²) in [5.74, 6) is 0. The molecule has 3 heteroatoms. The summed E-state index contributed by atoms with van der Waals surface area (Å²) < 4.78 is 5.44. The number of aromatic nitrogens is 2. The Morgan fingerprint density at radius 2 is 0.760 bits per heavy atom. The lowest BCUT2D eigenvalue weighted by molar-refractivity contribution is 0.569. The van der Waals surface area contributed by atoms with E-state index in [0.29, 0.717) is 0 Å². The molecule has 0 fully saturated rings. The molecule has 0 saturated heterocycles. The molecule has 0 spiro atoms. The smallest absolute Gasteiger partial charge is 0.333 e. The summed E-state index contributed by atoms with van der Waals surface area (Å²) in [5, 5.41) is 5.26. The third-order valence-electron chi connectivity index (χ3n) is 17.2. The van der Waals surface area contributed by atoms with Gasteiger partial charge in [0.1, 0.15) is 0 Å². The van der Waals surface area contributed by atoms with E-state index in [2.05, 4.69) is 273 Å². The SMILES string of the molecule is CC(C)(C)c1ccc(-c2ccc3c(c2)c2cc(-c4ccc(C(C)(C)C)cc4)cc4c2n3-c2ccc(-c3cc(C(C)(C)C)cc(C(C)(C)C)c3)c3c2B4n2c4ccc(C(C)(C)C)cc4c4cc(C(C)(C)C)cc-3c42)cc1. The number of hydrogen-bond donors (Lipinski definition) is 0. The second-order valence-electron chi connectivity index (χ2n) is 28.8. The molecule has 378 valence electrons. The normalized spacial score (nSPS) is 14.0. The monoisotopic (exact) mass is 981 g/mol. The molecule has 12 rings (SSSR count). The molecule has 0 unspecified atom stereocenters. The fourth-order valence-electron chi connectivity index (χ4n) is 12.5. The predicted molar refractivity (Wildman–Crippen MR) is 328 cm³/mol. The van der Waals surface area contributed by atoms with Crippen molar-refractivity contribution in [3.63, 3.8) is 0 Å². The second kappa shape index (κ2) is 16.0. The van der Waals surface area contributed by atoms with E-state index >= 15 is 0 Å². The van der Waals surface area contributed by atoms with Gasteiger partial charge in [0.2, 0.25) is 0 Å². The Morgan fingerprint density at radius 3 is 1.32 bits per heavy atom. The number of rotatable bonds is 3. The Kier molecular flexibility index (Phi) is 10.5. The van der Waals surface area contributed by atoms with Gasteiger partial charge in [-0.25, -0.2) is 0 Å². The Morgan fingerprint density at radius 1 is 0.307 bits per heavy atom. The number of nitrogens with zero attached hydrogens (tertiary/aromatic N) is 2. The van der Waals surface area contributed by atoms with Crippen LogP contribution in [0.1, 0.15) is 158 Å². The third-order valence-corrected chi connectivity index (χ3v) is 17.2. The molecule has 8 aromatic carbocycles. The van der Waals surface area contributed by atoms with E-state index in [9.17, 15) is 0 Å². The zero-order valence-electron chi connectivity index (χ0n) is 48.3. The summed E-state index contributed by atoms with van der Waals surface area (Å²) in [6, 6.07) is 56.1. The summed E-state index contributed by atoms with van der Waals surface area (Å²) in [6.45, 7) is 42.1. The summed E-state index contributed by atoms with van der Waals surface area (Å²) in [5.41, 5.74) is 27.6. The maximum absolute atomic E-state index is 2.78. The van der Waals surface area contributed by atoms with E-state index in [1.54, 1.807) is 0 Å². The van der Waals surface area contributed by atoms with Crippen molar-refractivity contribution < 1.29 is 0 Å². The van der Waals surface area contributed by atoms with Gasteiger partial charge in [0, 0.05) is 43.8 Å². The van der Waals surface area contributed by atoms with Crippen molar-refractivity contribution in [1.82, 2.24) is 9.05 Å². The van der Waals surface area contributed by atoms with Crippen molar-refractivity contribution in [3.8, 4) is 50.2 Å². The van der Waals surface area contributed by atoms with Crippen molar-refractivity contribution in [1.29, 1.82) is 0 Å². The van der Waals surface area contributed by atoms with Gasteiger partial charge in [-0.15, -0.1) is 0 Å². The molecule has 2 aliphatic rings. The van der Waals surface area contributed by atoms with Gasteiger partial charge in [-0.2, -0.15) is 0 Å². The largest absolute Gasteiger partial charge is 0.375 e. The quantitative estimate of drug-likeness (QED) is 0.156. The van der Waals surface area contributed by atoms with Crippen molar-refractivity contribution in [2.75, 3.05) is 0 Å². The van der Waals surface area contributed by atoms with Crippen molar-refractivity contribution in [3.05, 3.63) is 173 Å². The lowest BCUT2D eigenvalue weighted by Crippen LogP contribution is -2.55. The molecule has 2 aliphatic heterocycles. The molecule has 10 aromatic rings. The lowest BCUT2D eigenvalue weighted by Gasteiger charge is -2.36. The Hall–Kier alpha value is -6.58. The molecule has 0 amide bonds. The van der Waals surface area contributed by atoms with E-state index in [0.717, 1.165) is 0 Å². The maximum Gasteiger partial charge on any atom is 0.333 e. The highest BCUT2D eigenvalue weighted by molar-refractivity contribution is 6.90. The molecule has 0 atom stereocenters. The molecule has 0 radical (unpaired) electrons. The average Bonchev–Trinajstić information content (AvgIpc) is 3.96. The van der Waals surface area contributed by atoms with Gasteiger partial charge >= 0.3 is 6.85 Å². The summed E-state index contributed by atoms with van der Waals surface area (Å²) in [4.78, 5) is 0. The van der Waals surface area contributed by atoms with Crippen molar-refractivity contribution in [2.24, 2.45) is 0 Å². The van der Waals surface area contributed by atoms with Crippen LogP contribution in [0.15, 0.2) is 140 Å².